The number of pyridine rings is 1. The van der Waals surface area contributed by atoms with Crippen molar-refractivity contribution < 1.29 is 19.1 Å². The summed E-state index contributed by atoms with van der Waals surface area (Å²) in [6.07, 6.45) is 0.420. The van der Waals surface area contributed by atoms with Crippen molar-refractivity contribution in [2.45, 2.75) is 27.4 Å². The Kier molecular flexibility index (Phi) is 9.28. The summed E-state index contributed by atoms with van der Waals surface area (Å²) in [7, 11) is 0. The second-order valence-corrected chi connectivity index (χ2v) is 14.3. The molecule has 0 spiro atoms. The summed E-state index contributed by atoms with van der Waals surface area (Å²) in [5, 5.41) is 12.9. The Morgan fingerprint density at radius 3 is 2.09 bits per heavy atom. The molecule has 0 unspecified atom stereocenters. The molecule has 11 nitrogen and oxygen atoms in total. The standard InChI is InChI=1S/C42H29N7O4S2/c1-24-13-17-28(18-14-24)48(29-19-15-25(2)16-20-29)41-31-12-8-7-11-30(31)37(54-41)33-22-44-38(36-35(33)46-55-47-36)45-34-26(3)32(21-43)39(50)49(40(34)51)42(52)53-23-27-9-5-4-6-10-27/h4-20,22H,23H2,1-3H3/b45-34-. The van der Waals surface area contributed by atoms with Gasteiger partial charge in [-0.15, -0.1) is 11.3 Å². The van der Waals surface area contributed by atoms with E-state index in [0.29, 0.717) is 27.1 Å². The number of aliphatic imine (C=N–C) groups is 1. The molecule has 3 aromatic heterocycles. The van der Waals surface area contributed by atoms with Crippen molar-refractivity contribution in [3.05, 3.63) is 137 Å². The van der Waals surface area contributed by atoms with Crippen molar-refractivity contribution >= 4 is 90.7 Å². The highest BCUT2D eigenvalue weighted by atomic mass is 32.1. The van der Waals surface area contributed by atoms with Gasteiger partial charge in [0.2, 0.25) is 0 Å². The van der Waals surface area contributed by atoms with Gasteiger partial charge in [-0.1, -0.05) is 90.0 Å². The number of imide groups is 3. The van der Waals surface area contributed by atoms with Crippen LogP contribution in [0.4, 0.5) is 27.0 Å². The first-order valence-corrected chi connectivity index (χ1v) is 18.6. The fourth-order valence-electron chi connectivity index (χ4n) is 6.29. The second kappa shape index (κ2) is 14.5. The monoisotopic (exact) mass is 759 g/mol. The van der Waals surface area contributed by atoms with Crippen LogP contribution in [0.2, 0.25) is 0 Å². The number of anilines is 3. The number of amides is 3. The van der Waals surface area contributed by atoms with E-state index in [9.17, 15) is 19.6 Å². The normalized spacial score (nSPS) is 13.9. The summed E-state index contributed by atoms with van der Waals surface area (Å²) >= 11 is 2.56. The van der Waals surface area contributed by atoms with Crippen LogP contribution in [0, 0.1) is 25.2 Å². The fourth-order valence-corrected chi connectivity index (χ4v) is 8.18. The van der Waals surface area contributed by atoms with Gasteiger partial charge in [-0.2, -0.15) is 18.9 Å². The average Bonchev–Trinajstić information content (AvgIpc) is 3.84. The number of carbonyl (C=O) groups is 3. The van der Waals surface area contributed by atoms with Crippen molar-refractivity contribution in [3.8, 4) is 16.5 Å². The molecule has 55 heavy (non-hydrogen) atoms. The number of rotatable bonds is 7. The summed E-state index contributed by atoms with van der Waals surface area (Å²) < 4.78 is 14.5. The quantitative estimate of drug-likeness (QED) is 0.145. The molecule has 13 heteroatoms. The van der Waals surface area contributed by atoms with Gasteiger partial charge < -0.3 is 9.64 Å². The minimum atomic E-state index is -1.22. The summed E-state index contributed by atoms with van der Waals surface area (Å²) in [5.41, 5.74) is 5.81. The summed E-state index contributed by atoms with van der Waals surface area (Å²) in [6, 6.07) is 35.6. The Balaban J connectivity index is 1.22. The van der Waals surface area contributed by atoms with Crippen LogP contribution < -0.4 is 4.90 Å². The number of nitrogens with zero attached hydrogens (tertiary/aromatic N) is 7. The van der Waals surface area contributed by atoms with Gasteiger partial charge in [0, 0.05) is 44.4 Å². The second-order valence-electron chi connectivity index (χ2n) is 12.8. The molecule has 0 aliphatic carbocycles. The van der Waals surface area contributed by atoms with Crippen LogP contribution in [0.15, 0.2) is 125 Å². The number of nitriles is 1. The van der Waals surface area contributed by atoms with E-state index < -0.39 is 23.5 Å². The van der Waals surface area contributed by atoms with Crippen molar-refractivity contribution in [3.63, 3.8) is 0 Å². The van der Waals surface area contributed by atoms with Crippen LogP contribution in [0.1, 0.15) is 23.6 Å². The van der Waals surface area contributed by atoms with E-state index in [0.717, 1.165) is 54.9 Å². The first-order chi connectivity index (χ1) is 26.7. The number of hydrogen-bond donors (Lipinski definition) is 0. The number of carbonyl (C=O) groups excluding carboxylic acids is 3. The SMILES string of the molecule is CC1=C(C#N)C(=O)N(C(=O)OCc2ccccc2)C(=O)/C1=N\c1ncc(-c2sc(N(c3ccc(C)cc3)c3ccc(C)cc3)c3ccccc23)c2nsnc12. The maximum atomic E-state index is 13.8. The summed E-state index contributed by atoms with van der Waals surface area (Å²) in [5.74, 6) is -2.08. The largest absolute Gasteiger partial charge is 0.444 e. The van der Waals surface area contributed by atoms with E-state index in [1.807, 2.05) is 18.2 Å². The maximum absolute atomic E-state index is 13.8. The molecule has 0 atom stereocenters. The molecule has 1 aliphatic heterocycles. The van der Waals surface area contributed by atoms with Gasteiger partial charge in [-0.05, 0) is 50.6 Å². The molecule has 1 aliphatic rings. The van der Waals surface area contributed by atoms with Crippen molar-refractivity contribution in [2.24, 2.45) is 4.99 Å². The van der Waals surface area contributed by atoms with E-state index in [1.54, 1.807) is 47.9 Å². The molecule has 0 radical (unpaired) electrons. The number of thiophene rings is 1. The smallest absolute Gasteiger partial charge is 0.424 e. The number of benzene rings is 4. The first-order valence-electron chi connectivity index (χ1n) is 17.1. The Bertz CT molecular complexity index is 2720. The van der Waals surface area contributed by atoms with E-state index in [2.05, 4.69) is 98.1 Å². The third-order valence-corrected chi connectivity index (χ3v) is 10.9. The maximum Gasteiger partial charge on any atom is 0.424 e. The van der Waals surface area contributed by atoms with Crippen molar-refractivity contribution in [1.29, 1.82) is 5.26 Å². The van der Waals surface area contributed by atoms with Crippen LogP contribution in [-0.2, 0) is 20.9 Å². The molecule has 7 aromatic rings. The van der Waals surface area contributed by atoms with Gasteiger partial charge in [0.25, 0.3) is 11.8 Å². The fraction of sp³-hybridized carbons (Fsp3) is 0.0952. The van der Waals surface area contributed by atoms with Gasteiger partial charge in [-0.25, -0.2) is 14.8 Å². The lowest BCUT2D eigenvalue weighted by Gasteiger charge is -2.24. The van der Waals surface area contributed by atoms with Crippen LogP contribution in [0.5, 0.6) is 0 Å². The summed E-state index contributed by atoms with van der Waals surface area (Å²) in [4.78, 5) is 52.8. The Labute approximate surface area is 323 Å². The van der Waals surface area contributed by atoms with E-state index >= 15 is 0 Å². The number of aromatic nitrogens is 3. The lowest BCUT2D eigenvalue weighted by atomic mass is 9.99. The van der Waals surface area contributed by atoms with Gasteiger partial charge >= 0.3 is 6.09 Å². The number of ether oxygens (including phenoxy) is 1. The number of fused-ring (bicyclic) bond motifs is 2. The van der Waals surface area contributed by atoms with Gasteiger partial charge in [0.15, 0.2) is 5.82 Å². The minimum absolute atomic E-state index is 0.00743. The highest BCUT2D eigenvalue weighted by Crippen LogP contribution is 2.50. The molecule has 0 fully saturated rings. The van der Waals surface area contributed by atoms with Gasteiger partial charge in [0.05, 0.1) is 11.7 Å². The Morgan fingerprint density at radius 2 is 1.44 bits per heavy atom. The third-order valence-electron chi connectivity index (χ3n) is 9.17. The number of aryl methyl sites for hydroxylation is 2. The zero-order valence-corrected chi connectivity index (χ0v) is 31.3. The van der Waals surface area contributed by atoms with E-state index in [4.69, 9.17) is 4.74 Å². The molecule has 0 N–H and O–H groups in total. The van der Waals surface area contributed by atoms with Crippen LogP contribution >= 0.6 is 23.1 Å². The lowest BCUT2D eigenvalue weighted by molar-refractivity contribution is -0.136. The molecular formula is C42H29N7O4S2. The highest BCUT2D eigenvalue weighted by Gasteiger charge is 2.42. The van der Waals surface area contributed by atoms with Gasteiger partial charge in [0.1, 0.15) is 40.0 Å². The molecule has 0 saturated carbocycles. The Hall–Kier alpha value is -6.88. The topological polar surface area (TPSA) is 142 Å². The van der Waals surface area contributed by atoms with E-state index in [-0.39, 0.29) is 23.7 Å². The molecule has 268 valence electrons. The molecule has 8 rings (SSSR count). The minimum Gasteiger partial charge on any atom is -0.444 e. The molecule has 4 heterocycles. The zero-order valence-electron chi connectivity index (χ0n) is 29.7. The molecule has 4 aromatic carbocycles. The van der Waals surface area contributed by atoms with Crippen LogP contribution in [-0.4, -0.2) is 42.3 Å². The lowest BCUT2D eigenvalue weighted by Crippen LogP contribution is -2.50. The van der Waals surface area contributed by atoms with Crippen LogP contribution in [0.3, 0.4) is 0 Å². The predicted octanol–water partition coefficient (Wildman–Crippen LogP) is 9.67. The number of hydrogen-bond acceptors (Lipinski definition) is 12. The summed E-state index contributed by atoms with van der Waals surface area (Å²) in [6.45, 7) is 5.37. The highest BCUT2D eigenvalue weighted by molar-refractivity contribution is 7.21. The first kappa shape index (κ1) is 35.2. The zero-order chi connectivity index (χ0) is 38.2. The molecule has 0 saturated heterocycles. The average molecular weight is 760 g/mol. The van der Waals surface area contributed by atoms with Crippen molar-refractivity contribution in [2.75, 3.05) is 4.90 Å². The van der Waals surface area contributed by atoms with Gasteiger partial charge in [-0.3, -0.25) is 9.59 Å². The van der Waals surface area contributed by atoms with Crippen molar-refractivity contribution in [1.82, 2.24) is 18.6 Å². The van der Waals surface area contributed by atoms with E-state index in [1.165, 1.54) is 6.92 Å². The molecule has 3 amide bonds. The predicted molar refractivity (Wildman–Crippen MR) is 214 cm³/mol. The molecule has 0 bridgehead atoms. The third kappa shape index (κ3) is 6.43. The van der Waals surface area contributed by atoms with Crippen LogP contribution in [0.25, 0.3) is 32.2 Å². The Morgan fingerprint density at radius 1 is 0.818 bits per heavy atom. The molecular weight excluding hydrogens is 731 g/mol.